The molecule has 1 atom stereocenters. The summed E-state index contributed by atoms with van der Waals surface area (Å²) >= 11 is 0. The SMILES string of the molecule is Cc1cccc(NC(=O)[C@@H](C#N)C(=O)COc2cccc(C)c2)c1. The lowest BCUT2D eigenvalue weighted by atomic mass is 10.1. The lowest BCUT2D eigenvalue weighted by Gasteiger charge is -2.11. The van der Waals surface area contributed by atoms with Crippen LogP contribution in [-0.2, 0) is 9.59 Å². The van der Waals surface area contributed by atoms with E-state index in [1.54, 1.807) is 42.5 Å². The second-order valence-corrected chi connectivity index (χ2v) is 5.49. The molecule has 0 unspecified atom stereocenters. The van der Waals surface area contributed by atoms with Gasteiger partial charge in [0.05, 0.1) is 6.07 Å². The summed E-state index contributed by atoms with van der Waals surface area (Å²) in [7, 11) is 0. The third kappa shape index (κ3) is 4.68. The minimum atomic E-state index is -1.41. The minimum absolute atomic E-state index is 0.330. The number of ketones is 1. The number of amides is 1. The molecule has 0 radical (unpaired) electrons. The van der Waals surface area contributed by atoms with Gasteiger partial charge in [-0.3, -0.25) is 9.59 Å². The van der Waals surface area contributed by atoms with Gasteiger partial charge in [-0.15, -0.1) is 0 Å². The Hall–Kier alpha value is -3.13. The lowest BCUT2D eigenvalue weighted by molar-refractivity contribution is -0.130. The molecule has 5 nitrogen and oxygen atoms in total. The van der Waals surface area contributed by atoms with Crippen LogP contribution in [0, 0.1) is 31.1 Å². The Balaban J connectivity index is 1.98. The van der Waals surface area contributed by atoms with E-state index in [-0.39, 0.29) is 6.61 Å². The van der Waals surface area contributed by atoms with Crippen LogP contribution in [-0.4, -0.2) is 18.3 Å². The first-order chi connectivity index (χ1) is 11.5. The zero-order valence-electron chi connectivity index (χ0n) is 13.6. The van der Waals surface area contributed by atoms with Crippen molar-refractivity contribution in [2.24, 2.45) is 5.92 Å². The molecule has 0 bridgehead atoms. The summed E-state index contributed by atoms with van der Waals surface area (Å²) in [6.07, 6.45) is 0. The van der Waals surface area contributed by atoms with E-state index in [1.807, 2.05) is 26.0 Å². The quantitative estimate of drug-likeness (QED) is 0.829. The van der Waals surface area contributed by atoms with Crippen molar-refractivity contribution in [1.29, 1.82) is 5.26 Å². The first kappa shape index (κ1) is 17.2. The highest BCUT2D eigenvalue weighted by Gasteiger charge is 2.26. The first-order valence-corrected chi connectivity index (χ1v) is 7.49. The average Bonchev–Trinajstić information content (AvgIpc) is 2.53. The molecule has 0 aromatic heterocycles. The van der Waals surface area contributed by atoms with Gasteiger partial charge in [-0.05, 0) is 49.2 Å². The average molecular weight is 322 g/mol. The molecule has 5 heteroatoms. The lowest BCUT2D eigenvalue weighted by Crippen LogP contribution is -2.31. The van der Waals surface area contributed by atoms with Crippen molar-refractivity contribution < 1.29 is 14.3 Å². The van der Waals surface area contributed by atoms with Crippen molar-refractivity contribution >= 4 is 17.4 Å². The molecule has 1 N–H and O–H groups in total. The Labute approximate surface area is 140 Å². The maximum absolute atomic E-state index is 12.2. The van der Waals surface area contributed by atoms with Gasteiger partial charge in [0.1, 0.15) is 12.4 Å². The number of carbonyl (C=O) groups excluding carboxylic acids is 2. The summed E-state index contributed by atoms with van der Waals surface area (Å²) < 4.78 is 5.37. The van der Waals surface area contributed by atoms with Crippen LogP contribution in [0.4, 0.5) is 5.69 Å². The molecular formula is C19H18N2O3. The van der Waals surface area contributed by atoms with Crippen molar-refractivity contribution in [3.05, 3.63) is 59.7 Å². The van der Waals surface area contributed by atoms with E-state index < -0.39 is 17.6 Å². The van der Waals surface area contributed by atoms with E-state index in [1.165, 1.54) is 0 Å². The van der Waals surface area contributed by atoms with Crippen molar-refractivity contribution in [3.63, 3.8) is 0 Å². The van der Waals surface area contributed by atoms with Gasteiger partial charge in [0.15, 0.2) is 11.7 Å². The van der Waals surface area contributed by atoms with E-state index in [9.17, 15) is 9.59 Å². The van der Waals surface area contributed by atoms with Crippen molar-refractivity contribution in [1.82, 2.24) is 0 Å². The van der Waals surface area contributed by atoms with Crippen LogP contribution in [0.5, 0.6) is 5.75 Å². The summed E-state index contributed by atoms with van der Waals surface area (Å²) in [5.74, 6) is -2.11. The summed E-state index contributed by atoms with van der Waals surface area (Å²) in [5.41, 5.74) is 2.51. The highest BCUT2D eigenvalue weighted by molar-refractivity contribution is 6.09. The van der Waals surface area contributed by atoms with E-state index in [4.69, 9.17) is 10.00 Å². The van der Waals surface area contributed by atoms with Crippen LogP contribution in [0.2, 0.25) is 0 Å². The predicted molar refractivity (Wildman–Crippen MR) is 90.6 cm³/mol. The zero-order chi connectivity index (χ0) is 17.5. The number of nitrogens with zero attached hydrogens (tertiary/aromatic N) is 1. The van der Waals surface area contributed by atoms with Gasteiger partial charge >= 0.3 is 0 Å². The number of carbonyl (C=O) groups is 2. The van der Waals surface area contributed by atoms with Crippen molar-refractivity contribution in [2.45, 2.75) is 13.8 Å². The molecule has 0 saturated carbocycles. The van der Waals surface area contributed by atoms with E-state index in [0.29, 0.717) is 11.4 Å². The topological polar surface area (TPSA) is 79.2 Å². The molecule has 0 aliphatic carbocycles. The van der Waals surface area contributed by atoms with Crippen molar-refractivity contribution in [2.75, 3.05) is 11.9 Å². The van der Waals surface area contributed by atoms with Gasteiger partial charge in [-0.1, -0.05) is 24.3 Å². The van der Waals surface area contributed by atoms with Gasteiger partial charge in [0.2, 0.25) is 5.91 Å². The Kier molecular flexibility index (Phi) is 5.69. The van der Waals surface area contributed by atoms with Crippen LogP contribution in [0.25, 0.3) is 0 Å². The fraction of sp³-hybridized carbons (Fsp3) is 0.211. The Morgan fingerprint density at radius 1 is 1.12 bits per heavy atom. The molecule has 0 aliphatic heterocycles. The summed E-state index contributed by atoms with van der Waals surface area (Å²) in [5, 5.41) is 11.7. The smallest absolute Gasteiger partial charge is 0.249 e. The zero-order valence-corrected chi connectivity index (χ0v) is 13.6. The third-order valence-corrected chi connectivity index (χ3v) is 3.37. The first-order valence-electron chi connectivity index (χ1n) is 7.49. The maximum atomic E-state index is 12.2. The van der Waals surface area contributed by atoms with Crippen LogP contribution in [0.3, 0.4) is 0 Å². The van der Waals surface area contributed by atoms with Gasteiger partial charge in [0.25, 0.3) is 0 Å². The van der Waals surface area contributed by atoms with E-state index in [2.05, 4.69) is 5.32 Å². The summed E-state index contributed by atoms with van der Waals surface area (Å²) in [6.45, 7) is 3.46. The molecule has 2 aromatic carbocycles. The molecule has 0 spiro atoms. The molecule has 2 aromatic rings. The van der Waals surface area contributed by atoms with Crippen LogP contribution >= 0.6 is 0 Å². The Morgan fingerprint density at radius 2 is 1.79 bits per heavy atom. The molecule has 0 fully saturated rings. The molecule has 1 amide bonds. The number of nitriles is 1. The third-order valence-electron chi connectivity index (χ3n) is 3.37. The molecule has 0 saturated heterocycles. The fourth-order valence-electron chi connectivity index (χ4n) is 2.16. The summed E-state index contributed by atoms with van der Waals surface area (Å²) in [4.78, 5) is 24.3. The van der Waals surface area contributed by atoms with Crippen LogP contribution < -0.4 is 10.1 Å². The van der Waals surface area contributed by atoms with Crippen molar-refractivity contribution in [3.8, 4) is 11.8 Å². The van der Waals surface area contributed by atoms with Gasteiger partial charge in [0, 0.05) is 5.69 Å². The number of hydrogen-bond acceptors (Lipinski definition) is 4. The number of benzene rings is 2. The Morgan fingerprint density at radius 3 is 2.42 bits per heavy atom. The molecule has 24 heavy (non-hydrogen) atoms. The van der Waals surface area contributed by atoms with Gasteiger partial charge in [-0.25, -0.2) is 0 Å². The predicted octanol–water partition coefficient (Wildman–Crippen LogP) is 3.03. The number of anilines is 1. The van der Waals surface area contributed by atoms with E-state index >= 15 is 0 Å². The highest BCUT2D eigenvalue weighted by atomic mass is 16.5. The molecule has 0 aliphatic rings. The number of ether oxygens (including phenoxy) is 1. The highest BCUT2D eigenvalue weighted by Crippen LogP contribution is 2.14. The number of hydrogen-bond donors (Lipinski definition) is 1. The van der Waals surface area contributed by atoms with Gasteiger partial charge in [-0.2, -0.15) is 5.26 Å². The van der Waals surface area contributed by atoms with Crippen LogP contribution in [0.15, 0.2) is 48.5 Å². The molecule has 122 valence electrons. The standard InChI is InChI=1S/C19H18N2O3/c1-13-5-3-7-15(9-13)21-19(23)17(11-20)18(22)12-24-16-8-4-6-14(2)10-16/h3-10,17H,12H2,1-2H3,(H,21,23)/t17-/m0/s1. The maximum Gasteiger partial charge on any atom is 0.249 e. The normalized spacial score (nSPS) is 11.2. The second-order valence-electron chi connectivity index (χ2n) is 5.49. The number of rotatable bonds is 6. The minimum Gasteiger partial charge on any atom is -0.486 e. The van der Waals surface area contributed by atoms with Crippen LogP contribution in [0.1, 0.15) is 11.1 Å². The Bertz CT molecular complexity index is 793. The van der Waals surface area contributed by atoms with E-state index in [0.717, 1.165) is 11.1 Å². The number of aryl methyl sites for hydroxylation is 2. The monoisotopic (exact) mass is 322 g/mol. The fourth-order valence-corrected chi connectivity index (χ4v) is 2.16. The molecule has 2 rings (SSSR count). The number of Topliss-reactive ketones (excluding diaryl/α,β-unsaturated/α-hetero) is 1. The molecule has 0 heterocycles. The largest absolute Gasteiger partial charge is 0.486 e. The van der Waals surface area contributed by atoms with Gasteiger partial charge < -0.3 is 10.1 Å². The second kappa shape index (κ2) is 7.93. The molecular weight excluding hydrogens is 304 g/mol. The summed E-state index contributed by atoms with van der Waals surface area (Å²) in [6, 6.07) is 16.1. The number of nitrogens with one attached hydrogen (secondary N) is 1.